The van der Waals surface area contributed by atoms with Crippen LogP contribution in [0.1, 0.15) is 18.0 Å². The number of carbonyl (C=O) groups is 1. The van der Waals surface area contributed by atoms with Gasteiger partial charge in [0.2, 0.25) is 5.91 Å². The van der Waals surface area contributed by atoms with Crippen LogP contribution in [0.15, 0.2) is 35.3 Å². The number of benzene rings is 1. The molecule has 0 saturated carbocycles. The van der Waals surface area contributed by atoms with Gasteiger partial charge in [-0.25, -0.2) is 0 Å². The molecular weight excluding hydrogens is 220 g/mol. The molecule has 1 aromatic carbocycles. The summed E-state index contributed by atoms with van der Waals surface area (Å²) in [5.74, 6) is 1.19. The fraction of sp³-hybridized carbons (Fsp3) is 0.333. The first-order chi connectivity index (χ1) is 7.84. The summed E-state index contributed by atoms with van der Waals surface area (Å²) in [4.78, 5) is 18.4. The van der Waals surface area contributed by atoms with Gasteiger partial charge in [0.25, 0.3) is 0 Å². The molecule has 1 aromatic rings. The van der Waals surface area contributed by atoms with Gasteiger partial charge >= 0.3 is 0 Å². The summed E-state index contributed by atoms with van der Waals surface area (Å²) in [7, 11) is 0. The van der Waals surface area contributed by atoms with Gasteiger partial charge in [0.05, 0.1) is 12.5 Å². The third-order valence-electron chi connectivity index (χ3n) is 2.90. The predicted octanol–water partition coefficient (Wildman–Crippen LogP) is 2.06. The summed E-state index contributed by atoms with van der Waals surface area (Å²) in [5, 5.41) is 0.908. The number of amides is 1. The van der Waals surface area contributed by atoms with Gasteiger partial charge in [0.1, 0.15) is 0 Å². The minimum absolute atomic E-state index is 0.0190. The van der Waals surface area contributed by atoms with Crippen LogP contribution < -0.4 is 0 Å². The lowest BCUT2D eigenvalue weighted by atomic mass is 10.0. The summed E-state index contributed by atoms with van der Waals surface area (Å²) >= 11 is 1.68. The smallest absolute Gasteiger partial charge is 0.231 e. The van der Waals surface area contributed by atoms with Crippen LogP contribution in [0.2, 0.25) is 0 Å². The monoisotopic (exact) mass is 232 g/mol. The van der Waals surface area contributed by atoms with Gasteiger partial charge < -0.3 is 0 Å². The SMILES string of the molecule is O=C1CC(c2ccccc2)N=C2SCCN12. The molecule has 1 amide bonds. The highest BCUT2D eigenvalue weighted by Gasteiger charge is 2.32. The largest absolute Gasteiger partial charge is 0.291 e. The number of thioether (sulfide) groups is 1. The fourth-order valence-corrected chi connectivity index (χ4v) is 3.07. The second kappa shape index (κ2) is 3.94. The quantitative estimate of drug-likeness (QED) is 0.742. The molecule has 0 bridgehead atoms. The van der Waals surface area contributed by atoms with E-state index in [1.165, 1.54) is 0 Å². The third-order valence-corrected chi connectivity index (χ3v) is 3.87. The normalized spacial score (nSPS) is 24.2. The molecule has 0 radical (unpaired) electrons. The lowest BCUT2D eigenvalue weighted by Gasteiger charge is -2.25. The van der Waals surface area contributed by atoms with Crippen molar-refractivity contribution in [3.8, 4) is 0 Å². The van der Waals surface area contributed by atoms with Crippen LogP contribution in [0.5, 0.6) is 0 Å². The van der Waals surface area contributed by atoms with Crippen LogP contribution >= 0.6 is 11.8 Å². The van der Waals surface area contributed by atoms with Crippen LogP contribution in [-0.2, 0) is 4.79 Å². The maximum Gasteiger partial charge on any atom is 0.231 e. The van der Waals surface area contributed by atoms with E-state index in [1.54, 1.807) is 11.8 Å². The Balaban J connectivity index is 1.94. The summed E-state index contributed by atoms with van der Waals surface area (Å²) < 4.78 is 0. The molecule has 1 fully saturated rings. The Morgan fingerprint density at radius 2 is 2.12 bits per heavy atom. The number of rotatable bonds is 1. The van der Waals surface area contributed by atoms with E-state index in [9.17, 15) is 4.79 Å². The molecule has 0 aromatic heterocycles. The van der Waals surface area contributed by atoms with E-state index in [2.05, 4.69) is 4.99 Å². The molecule has 1 unspecified atom stereocenters. The van der Waals surface area contributed by atoms with E-state index < -0.39 is 0 Å². The number of fused-ring (bicyclic) bond motifs is 1. The zero-order chi connectivity index (χ0) is 11.0. The minimum atomic E-state index is 0.0190. The molecule has 3 nitrogen and oxygen atoms in total. The molecule has 82 valence electrons. The van der Waals surface area contributed by atoms with Crippen LogP contribution in [0.25, 0.3) is 0 Å². The number of aliphatic imine (C=N–C) groups is 1. The first-order valence-corrected chi connectivity index (χ1v) is 6.39. The molecule has 2 aliphatic heterocycles. The number of hydrogen-bond acceptors (Lipinski definition) is 3. The second-order valence-electron chi connectivity index (χ2n) is 3.94. The van der Waals surface area contributed by atoms with Crippen LogP contribution in [-0.4, -0.2) is 28.3 Å². The fourth-order valence-electron chi connectivity index (χ4n) is 2.06. The summed E-state index contributed by atoms with van der Waals surface area (Å²) in [6.45, 7) is 0.823. The number of hydrogen-bond donors (Lipinski definition) is 0. The molecule has 0 N–H and O–H groups in total. The number of nitrogens with zero attached hydrogens (tertiary/aromatic N) is 2. The van der Waals surface area contributed by atoms with E-state index in [-0.39, 0.29) is 11.9 Å². The van der Waals surface area contributed by atoms with Crippen molar-refractivity contribution in [2.45, 2.75) is 12.5 Å². The maximum atomic E-state index is 11.9. The number of amidine groups is 1. The topological polar surface area (TPSA) is 32.7 Å². The second-order valence-corrected chi connectivity index (χ2v) is 5.00. The van der Waals surface area contributed by atoms with Gasteiger partial charge in [0, 0.05) is 12.3 Å². The maximum absolute atomic E-state index is 11.9. The van der Waals surface area contributed by atoms with E-state index in [0.29, 0.717) is 6.42 Å². The highest BCUT2D eigenvalue weighted by molar-refractivity contribution is 8.14. The Hall–Kier alpha value is -1.29. The molecule has 1 saturated heterocycles. The molecule has 0 aliphatic carbocycles. The summed E-state index contributed by atoms with van der Waals surface area (Å²) in [6, 6.07) is 10.1. The van der Waals surface area contributed by atoms with E-state index in [4.69, 9.17) is 0 Å². The molecule has 0 spiro atoms. The highest BCUT2D eigenvalue weighted by Crippen LogP contribution is 2.32. The molecule has 3 rings (SSSR count). The number of carbonyl (C=O) groups excluding carboxylic acids is 1. The van der Waals surface area contributed by atoms with Crippen LogP contribution in [0, 0.1) is 0 Å². The van der Waals surface area contributed by atoms with Gasteiger partial charge in [-0.1, -0.05) is 42.1 Å². The first-order valence-electron chi connectivity index (χ1n) is 5.40. The summed E-state index contributed by atoms with van der Waals surface area (Å²) in [5.41, 5.74) is 1.13. The Morgan fingerprint density at radius 3 is 2.94 bits per heavy atom. The highest BCUT2D eigenvalue weighted by atomic mass is 32.2. The van der Waals surface area contributed by atoms with E-state index >= 15 is 0 Å². The van der Waals surface area contributed by atoms with Crippen molar-refractivity contribution in [1.29, 1.82) is 0 Å². The third kappa shape index (κ3) is 1.63. The summed E-state index contributed by atoms with van der Waals surface area (Å²) in [6.07, 6.45) is 0.508. The van der Waals surface area contributed by atoms with Gasteiger partial charge in [-0.3, -0.25) is 14.7 Å². The van der Waals surface area contributed by atoms with Crippen molar-refractivity contribution in [3.05, 3.63) is 35.9 Å². The molecule has 2 aliphatic rings. The Bertz CT molecular complexity index is 444. The first kappa shape index (κ1) is 9.90. The van der Waals surface area contributed by atoms with Crippen molar-refractivity contribution in [1.82, 2.24) is 4.90 Å². The zero-order valence-electron chi connectivity index (χ0n) is 8.80. The van der Waals surface area contributed by atoms with Gasteiger partial charge in [-0.05, 0) is 5.56 Å². The average molecular weight is 232 g/mol. The van der Waals surface area contributed by atoms with Crippen molar-refractivity contribution < 1.29 is 4.79 Å². The standard InChI is InChI=1S/C12H12N2OS/c15-11-8-10(9-4-2-1-3-5-9)13-12-14(11)6-7-16-12/h1-5,10H,6-8H2. The van der Waals surface area contributed by atoms with Gasteiger partial charge in [-0.2, -0.15) is 0 Å². The van der Waals surface area contributed by atoms with Crippen molar-refractivity contribution in [2.24, 2.45) is 4.99 Å². The van der Waals surface area contributed by atoms with E-state index in [0.717, 1.165) is 23.0 Å². The average Bonchev–Trinajstić information content (AvgIpc) is 2.79. The minimum Gasteiger partial charge on any atom is -0.291 e. The lowest BCUT2D eigenvalue weighted by Crippen LogP contribution is -2.36. The molecule has 2 heterocycles. The Labute approximate surface area is 98.5 Å². The van der Waals surface area contributed by atoms with Crippen molar-refractivity contribution in [3.63, 3.8) is 0 Å². The van der Waals surface area contributed by atoms with Crippen LogP contribution in [0.4, 0.5) is 0 Å². The zero-order valence-corrected chi connectivity index (χ0v) is 9.61. The lowest BCUT2D eigenvalue weighted by molar-refractivity contribution is -0.127. The molecule has 4 heteroatoms. The van der Waals surface area contributed by atoms with Gasteiger partial charge in [0.15, 0.2) is 5.17 Å². The van der Waals surface area contributed by atoms with Crippen molar-refractivity contribution in [2.75, 3.05) is 12.3 Å². The Kier molecular flexibility index (Phi) is 2.44. The Morgan fingerprint density at radius 1 is 1.31 bits per heavy atom. The van der Waals surface area contributed by atoms with Crippen LogP contribution in [0.3, 0.4) is 0 Å². The van der Waals surface area contributed by atoms with Gasteiger partial charge in [-0.15, -0.1) is 0 Å². The molecular formula is C12H12N2OS. The predicted molar refractivity (Wildman–Crippen MR) is 65.4 cm³/mol. The van der Waals surface area contributed by atoms with Crippen molar-refractivity contribution >= 4 is 22.8 Å². The molecule has 1 atom stereocenters. The van der Waals surface area contributed by atoms with E-state index in [1.807, 2.05) is 35.2 Å². The molecule has 16 heavy (non-hydrogen) atoms.